The maximum atomic E-state index is 8.65. The summed E-state index contributed by atoms with van der Waals surface area (Å²) < 4.78 is 0. The van der Waals surface area contributed by atoms with E-state index in [1.807, 2.05) is 31.2 Å². The van der Waals surface area contributed by atoms with Crippen molar-refractivity contribution in [2.45, 2.75) is 19.6 Å². The van der Waals surface area contributed by atoms with Crippen molar-refractivity contribution in [3.05, 3.63) is 35.4 Å². The molecule has 0 radical (unpaired) electrons. The quantitative estimate of drug-likeness (QED) is 0.617. The Morgan fingerprint density at radius 2 is 2.09 bits per heavy atom. The van der Waals surface area contributed by atoms with Gasteiger partial charge in [-0.3, -0.25) is 0 Å². The molecule has 1 aromatic carbocycles. The minimum atomic E-state index is -1.24. The van der Waals surface area contributed by atoms with Crippen molar-refractivity contribution < 1.29 is 10.2 Å². The van der Waals surface area contributed by atoms with Crippen LogP contribution in [0.25, 0.3) is 0 Å². The molecule has 60 valence electrons. The van der Waals surface area contributed by atoms with E-state index in [4.69, 9.17) is 10.2 Å². The van der Waals surface area contributed by atoms with Gasteiger partial charge in [0.2, 0.25) is 0 Å². The second-order valence-electron chi connectivity index (χ2n) is 2.67. The minimum Gasteiger partial charge on any atom is -0.368 e. The monoisotopic (exact) mass is 152 g/mol. The van der Waals surface area contributed by atoms with Gasteiger partial charge in [0.1, 0.15) is 0 Å². The summed E-state index contributed by atoms with van der Waals surface area (Å²) in [5.41, 5.74) is 2.10. The van der Waals surface area contributed by atoms with Crippen LogP contribution in [-0.2, 0) is 6.42 Å². The van der Waals surface area contributed by atoms with Crippen LogP contribution in [0.5, 0.6) is 0 Å². The lowest BCUT2D eigenvalue weighted by Gasteiger charge is -2.03. The van der Waals surface area contributed by atoms with Crippen LogP contribution in [0.3, 0.4) is 0 Å². The SMILES string of the molecule is Cc1cccc(CC(O)O)c1. The molecule has 2 N–H and O–H groups in total. The van der Waals surface area contributed by atoms with E-state index in [0.717, 1.165) is 11.1 Å². The summed E-state index contributed by atoms with van der Waals surface area (Å²) >= 11 is 0. The number of aliphatic hydroxyl groups excluding tert-OH is 1. The maximum absolute atomic E-state index is 8.65. The molecule has 0 atom stereocenters. The van der Waals surface area contributed by atoms with Crippen LogP contribution in [0, 0.1) is 6.92 Å². The van der Waals surface area contributed by atoms with Gasteiger partial charge in [-0.1, -0.05) is 29.8 Å². The molecule has 0 saturated heterocycles. The number of benzene rings is 1. The van der Waals surface area contributed by atoms with Crippen LogP contribution in [0.1, 0.15) is 11.1 Å². The first-order chi connectivity index (χ1) is 5.18. The summed E-state index contributed by atoms with van der Waals surface area (Å²) in [6, 6.07) is 7.71. The molecule has 0 aliphatic rings. The van der Waals surface area contributed by atoms with Crippen molar-refractivity contribution in [2.24, 2.45) is 0 Å². The zero-order chi connectivity index (χ0) is 8.27. The van der Waals surface area contributed by atoms with Gasteiger partial charge in [0.25, 0.3) is 0 Å². The molecular weight excluding hydrogens is 140 g/mol. The first-order valence-corrected chi connectivity index (χ1v) is 3.60. The fourth-order valence-corrected chi connectivity index (χ4v) is 1.05. The average Bonchev–Trinajstić information content (AvgIpc) is 1.85. The Kier molecular flexibility index (Phi) is 2.63. The second-order valence-corrected chi connectivity index (χ2v) is 2.67. The predicted molar refractivity (Wildman–Crippen MR) is 43.1 cm³/mol. The van der Waals surface area contributed by atoms with E-state index >= 15 is 0 Å². The van der Waals surface area contributed by atoms with Gasteiger partial charge in [0.05, 0.1) is 0 Å². The summed E-state index contributed by atoms with van der Waals surface area (Å²) in [6.07, 6.45) is -0.932. The molecule has 0 aliphatic carbocycles. The van der Waals surface area contributed by atoms with E-state index < -0.39 is 6.29 Å². The molecule has 0 saturated carbocycles. The Morgan fingerprint density at radius 3 is 2.64 bits per heavy atom. The largest absolute Gasteiger partial charge is 0.368 e. The van der Waals surface area contributed by atoms with Crippen LogP contribution in [-0.4, -0.2) is 16.5 Å². The van der Waals surface area contributed by atoms with Crippen molar-refractivity contribution in [3.8, 4) is 0 Å². The highest BCUT2D eigenvalue weighted by Crippen LogP contribution is 2.05. The highest BCUT2D eigenvalue weighted by molar-refractivity contribution is 5.22. The molecule has 0 fully saturated rings. The standard InChI is InChI=1S/C9H12O2/c1-7-3-2-4-8(5-7)6-9(10)11/h2-5,9-11H,6H2,1H3. The third kappa shape index (κ3) is 2.70. The molecule has 11 heavy (non-hydrogen) atoms. The van der Waals surface area contributed by atoms with E-state index in [1.165, 1.54) is 0 Å². The number of rotatable bonds is 2. The van der Waals surface area contributed by atoms with Crippen LogP contribution >= 0.6 is 0 Å². The van der Waals surface area contributed by atoms with E-state index in [-0.39, 0.29) is 0 Å². The Hall–Kier alpha value is -0.860. The van der Waals surface area contributed by atoms with Gasteiger partial charge in [0.15, 0.2) is 6.29 Å². The second kappa shape index (κ2) is 3.51. The van der Waals surface area contributed by atoms with Crippen molar-refractivity contribution in [3.63, 3.8) is 0 Å². The fraction of sp³-hybridized carbons (Fsp3) is 0.333. The Morgan fingerprint density at radius 1 is 1.36 bits per heavy atom. The normalized spacial score (nSPS) is 10.5. The van der Waals surface area contributed by atoms with Crippen molar-refractivity contribution in [1.82, 2.24) is 0 Å². The topological polar surface area (TPSA) is 40.5 Å². The fourth-order valence-electron chi connectivity index (χ4n) is 1.05. The highest BCUT2D eigenvalue weighted by Gasteiger charge is 1.98. The molecule has 0 aliphatic heterocycles. The Labute approximate surface area is 66.1 Å². The molecule has 0 bridgehead atoms. The third-order valence-corrected chi connectivity index (χ3v) is 1.50. The molecule has 2 nitrogen and oxygen atoms in total. The van der Waals surface area contributed by atoms with E-state index in [0.29, 0.717) is 6.42 Å². The number of hydrogen-bond donors (Lipinski definition) is 2. The smallest absolute Gasteiger partial charge is 0.155 e. The van der Waals surface area contributed by atoms with Crippen LogP contribution in [0.15, 0.2) is 24.3 Å². The van der Waals surface area contributed by atoms with E-state index in [2.05, 4.69) is 0 Å². The number of hydrogen-bond acceptors (Lipinski definition) is 2. The van der Waals surface area contributed by atoms with Gasteiger partial charge in [-0.25, -0.2) is 0 Å². The number of aliphatic hydroxyl groups is 2. The first-order valence-electron chi connectivity index (χ1n) is 3.60. The van der Waals surface area contributed by atoms with Gasteiger partial charge < -0.3 is 10.2 Å². The molecule has 0 aromatic heterocycles. The number of aryl methyl sites for hydroxylation is 1. The maximum Gasteiger partial charge on any atom is 0.155 e. The summed E-state index contributed by atoms with van der Waals surface area (Å²) in [5.74, 6) is 0. The molecular formula is C9H12O2. The molecule has 0 amide bonds. The Balaban J connectivity index is 2.71. The summed E-state index contributed by atoms with van der Waals surface area (Å²) in [5, 5.41) is 17.3. The lowest BCUT2D eigenvalue weighted by Crippen LogP contribution is -2.07. The zero-order valence-electron chi connectivity index (χ0n) is 6.49. The minimum absolute atomic E-state index is 0.307. The van der Waals surface area contributed by atoms with Crippen molar-refractivity contribution in [2.75, 3.05) is 0 Å². The zero-order valence-corrected chi connectivity index (χ0v) is 6.49. The molecule has 2 heteroatoms. The van der Waals surface area contributed by atoms with Crippen LogP contribution in [0.4, 0.5) is 0 Å². The first kappa shape index (κ1) is 8.24. The van der Waals surface area contributed by atoms with E-state index in [1.54, 1.807) is 0 Å². The molecule has 0 unspecified atom stereocenters. The average molecular weight is 152 g/mol. The van der Waals surface area contributed by atoms with E-state index in [9.17, 15) is 0 Å². The molecule has 0 heterocycles. The van der Waals surface area contributed by atoms with Crippen LogP contribution in [0.2, 0.25) is 0 Å². The highest BCUT2D eigenvalue weighted by atomic mass is 16.5. The van der Waals surface area contributed by atoms with Crippen LogP contribution < -0.4 is 0 Å². The summed E-state index contributed by atoms with van der Waals surface area (Å²) in [6.45, 7) is 1.98. The predicted octanol–water partition coefficient (Wildman–Crippen LogP) is 0.848. The Bertz CT molecular complexity index is 231. The van der Waals surface area contributed by atoms with Gasteiger partial charge in [0, 0.05) is 6.42 Å². The van der Waals surface area contributed by atoms with Crippen molar-refractivity contribution in [1.29, 1.82) is 0 Å². The van der Waals surface area contributed by atoms with Crippen molar-refractivity contribution >= 4 is 0 Å². The third-order valence-electron chi connectivity index (χ3n) is 1.50. The molecule has 1 rings (SSSR count). The van der Waals surface area contributed by atoms with Gasteiger partial charge in [-0.2, -0.15) is 0 Å². The summed E-state index contributed by atoms with van der Waals surface area (Å²) in [7, 11) is 0. The lowest BCUT2D eigenvalue weighted by atomic mass is 10.1. The van der Waals surface area contributed by atoms with Gasteiger partial charge in [-0.15, -0.1) is 0 Å². The van der Waals surface area contributed by atoms with Gasteiger partial charge in [-0.05, 0) is 12.5 Å². The molecule has 0 spiro atoms. The van der Waals surface area contributed by atoms with Gasteiger partial charge >= 0.3 is 0 Å². The summed E-state index contributed by atoms with van der Waals surface area (Å²) in [4.78, 5) is 0. The lowest BCUT2D eigenvalue weighted by molar-refractivity contribution is -0.0381. The molecule has 1 aromatic rings.